The minimum absolute atomic E-state index is 0.0395. The number of rotatable bonds is 3. The van der Waals surface area contributed by atoms with E-state index in [0.717, 1.165) is 25.7 Å². The largest absolute Gasteiger partial charge is 0.344 e. The Hall–Kier alpha value is -1.42. The van der Waals surface area contributed by atoms with E-state index in [1.807, 2.05) is 0 Å². The summed E-state index contributed by atoms with van der Waals surface area (Å²) < 4.78 is 5.95. The molecule has 1 saturated carbocycles. The highest BCUT2D eigenvalue weighted by Crippen LogP contribution is 2.37. The van der Waals surface area contributed by atoms with E-state index < -0.39 is 5.79 Å². The molecule has 0 bridgehead atoms. The summed E-state index contributed by atoms with van der Waals surface area (Å²) in [5.74, 6) is -0.431. The lowest BCUT2D eigenvalue weighted by atomic mass is 10.0. The third-order valence-electron chi connectivity index (χ3n) is 4.80. The maximum atomic E-state index is 5.95. The van der Waals surface area contributed by atoms with Gasteiger partial charge in [-0.3, -0.25) is 0 Å². The Bertz CT molecular complexity index is 636. The molecule has 116 valence electrons. The number of ether oxygens (including phenoxy) is 1. The van der Waals surface area contributed by atoms with Crippen LogP contribution in [-0.4, -0.2) is 18.5 Å². The van der Waals surface area contributed by atoms with Gasteiger partial charge in [0.05, 0.1) is 6.61 Å². The summed E-state index contributed by atoms with van der Waals surface area (Å²) in [5.41, 5.74) is 1.34. The zero-order chi connectivity index (χ0) is 14.8. The minimum atomic E-state index is -0.431. The van der Waals surface area contributed by atoms with E-state index in [2.05, 4.69) is 42.5 Å². The van der Waals surface area contributed by atoms with Crippen LogP contribution in [0, 0.1) is 0 Å². The lowest BCUT2D eigenvalue weighted by molar-refractivity contribution is -0.484. The zero-order valence-electron chi connectivity index (χ0n) is 12.8. The molecule has 1 heterocycles. The molecule has 0 aromatic heterocycles. The molecule has 1 unspecified atom stereocenters. The molecule has 2 aliphatic rings. The number of hydrogen-bond donors (Lipinski definition) is 0. The van der Waals surface area contributed by atoms with Gasteiger partial charge in [0.1, 0.15) is 6.10 Å². The van der Waals surface area contributed by atoms with Crippen LogP contribution in [-0.2, 0) is 20.9 Å². The summed E-state index contributed by atoms with van der Waals surface area (Å²) in [6.07, 6.45) is 6.21. The van der Waals surface area contributed by atoms with Gasteiger partial charge in [0.25, 0.3) is 0 Å². The molecule has 3 nitrogen and oxygen atoms in total. The maximum absolute atomic E-state index is 5.95. The molecule has 0 amide bonds. The van der Waals surface area contributed by atoms with E-state index in [0.29, 0.717) is 6.61 Å². The highest BCUT2D eigenvalue weighted by Gasteiger charge is 2.41. The molecule has 0 radical (unpaired) electrons. The van der Waals surface area contributed by atoms with Crippen LogP contribution in [0.4, 0.5) is 0 Å². The summed E-state index contributed by atoms with van der Waals surface area (Å²) in [6, 6.07) is 15.1. The maximum Gasteiger partial charge on any atom is 0.201 e. The van der Waals surface area contributed by atoms with Crippen molar-refractivity contribution >= 4 is 10.8 Å². The van der Waals surface area contributed by atoms with Crippen LogP contribution in [0.2, 0.25) is 0 Å². The minimum Gasteiger partial charge on any atom is -0.344 e. The quantitative estimate of drug-likeness (QED) is 0.787. The molecule has 22 heavy (non-hydrogen) atoms. The normalized spacial score (nSPS) is 24.1. The Kier molecular flexibility index (Phi) is 3.87. The van der Waals surface area contributed by atoms with Gasteiger partial charge in [-0.25, -0.2) is 9.78 Å². The number of fused-ring (bicyclic) bond motifs is 1. The number of aryl methyl sites for hydroxylation is 1. The molecule has 1 aliphatic heterocycles. The van der Waals surface area contributed by atoms with Crippen molar-refractivity contribution in [3.8, 4) is 0 Å². The van der Waals surface area contributed by atoms with Crippen molar-refractivity contribution in [3.05, 3.63) is 48.0 Å². The van der Waals surface area contributed by atoms with Crippen molar-refractivity contribution in [2.75, 3.05) is 6.61 Å². The summed E-state index contributed by atoms with van der Waals surface area (Å²) in [7, 11) is 0. The van der Waals surface area contributed by atoms with Crippen LogP contribution >= 0.6 is 0 Å². The highest BCUT2D eigenvalue weighted by molar-refractivity contribution is 5.82. The zero-order valence-corrected chi connectivity index (χ0v) is 12.8. The Morgan fingerprint density at radius 3 is 2.59 bits per heavy atom. The van der Waals surface area contributed by atoms with Crippen molar-refractivity contribution in [1.82, 2.24) is 0 Å². The Morgan fingerprint density at radius 1 is 1.00 bits per heavy atom. The van der Waals surface area contributed by atoms with Gasteiger partial charge in [-0.2, -0.15) is 0 Å². The van der Waals surface area contributed by atoms with Gasteiger partial charge in [-0.05, 0) is 42.0 Å². The summed E-state index contributed by atoms with van der Waals surface area (Å²) >= 11 is 0. The van der Waals surface area contributed by atoms with E-state index in [1.165, 1.54) is 29.2 Å². The second-order valence-electron chi connectivity index (χ2n) is 6.45. The first-order chi connectivity index (χ1) is 10.8. The molecule has 2 aromatic carbocycles. The molecule has 2 fully saturated rings. The molecular formula is C19H22O3. The molecule has 0 N–H and O–H groups in total. The molecule has 3 heteroatoms. The first-order valence-corrected chi connectivity index (χ1v) is 8.29. The van der Waals surface area contributed by atoms with Crippen LogP contribution in [0.1, 0.15) is 37.7 Å². The van der Waals surface area contributed by atoms with Gasteiger partial charge < -0.3 is 4.74 Å². The van der Waals surface area contributed by atoms with Crippen molar-refractivity contribution in [3.63, 3.8) is 0 Å². The summed E-state index contributed by atoms with van der Waals surface area (Å²) in [6.45, 7) is 0.646. The van der Waals surface area contributed by atoms with Gasteiger partial charge in [0, 0.05) is 12.8 Å². The predicted molar refractivity (Wildman–Crippen MR) is 85.4 cm³/mol. The fourth-order valence-electron chi connectivity index (χ4n) is 3.45. The SMILES string of the molecule is c1ccc2cc(CCC3COC4(CCCC4)OO3)ccc2c1. The van der Waals surface area contributed by atoms with Crippen molar-refractivity contribution < 1.29 is 14.5 Å². The van der Waals surface area contributed by atoms with Crippen LogP contribution < -0.4 is 0 Å². The Balaban J connectivity index is 1.34. The van der Waals surface area contributed by atoms with Gasteiger partial charge >= 0.3 is 0 Å². The number of hydrogen-bond acceptors (Lipinski definition) is 3. The van der Waals surface area contributed by atoms with Crippen LogP contribution in [0.3, 0.4) is 0 Å². The van der Waals surface area contributed by atoms with Crippen molar-refractivity contribution in [2.24, 2.45) is 0 Å². The van der Waals surface area contributed by atoms with Crippen LogP contribution in [0.25, 0.3) is 10.8 Å². The lowest BCUT2D eigenvalue weighted by Gasteiger charge is -2.35. The molecule has 1 atom stereocenters. The van der Waals surface area contributed by atoms with Gasteiger partial charge in [0.2, 0.25) is 5.79 Å². The molecule has 1 aliphatic carbocycles. The predicted octanol–water partition coefficient (Wildman–Crippen LogP) is 4.39. The van der Waals surface area contributed by atoms with Gasteiger partial charge in [-0.1, -0.05) is 42.5 Å². The monoisotopic (exact) mass is 298 g/mol. The third kappa shape index (κ3) is 2.89. The fraction of sp³-hybridized carbons (Fsp3) is 0.474. The van der Waals surface area contributed by atoms with Crippen LogP contribution in [0.15, 0.2) is 42.5 Å². The first kappa shape index (κ1) is 14.2. The molecule has 1 spiro atoms. The second kappa shape index (κ2) is 5.99. The lowest BCUT2D eigenvalue weighted by Crippen LogP contribution is -2.43. The fourth-order valence-corrected chi connectivity index (χ4v) is 3.45. The standard InChI is InChI=1S/C19H22O3/c1-2-6-17-13-15(7-9-16(17)5-1)8-10-18-14-20-19(22-21-18)11-3-4-12-19/h1-2,5-7,9,13,18H,3-4,8,10-12,14H2. The van der Waals surface area contributed by atoms with Crippen molar-refractivity contribution in [1.29, 1.82) is 0 Å². The summed E-state index contributed by atoms with van der Waals surface area (Å²) in [5, 5.41) is 2.58. The van der Waals surface area contributed by atoms with Gasteiger partial charge in [-0.15, -0.1) is 0 Å². The third-order valence-corrected chi connectivity index (χ3v) is 4.80. The van der Waals surface area contributed by atoms with E-state index in [4.69, 9.17) is 14.5 Å². The molecule has 4 rings (SSSR count). The van der Waals surface area contributed by atoms with E-state index in [-0.39, 0.29) is 6.10 Å². The smallest absolute Gasteiger partial charge is 0.201 e. The van der Waals surface area contributed by atoms with E-state index in [1.54, 1.807) is 0 Å². The van der Waals surface area contributed by atoms with E-state index in [9.17, 15) is 0 Å². The molecule has 2 aromatic rings. The molecular weight excluding hydrogens is 276 g/mol. The van der Waals surface area contributed by atoms with Crippen LogP contribution in [0.5, 0.6) is 0 Å². The Labute approximate surface area is 131 Å². The summed E-state index contributed by atoms with van der Waals surface area (Å²) in [4.78, 5) is 11.2. The number of benzene rings is 2. The second-order valence-corrected chi connectivity index (χ2v) is 6.45. The van der Waals surface area contributed by atoms with Gasteiger partial charge in [0.15, 0.2) is 0 Å². The molecule has 1 saturated heterocycles. The average molecular weight is 298 g/mol. The first-order valence-electron chi connectivity index (χ1n) is 8.29. The van der Waals surface area contributed by atoms with E-state index >= 15 is 0 Å². The van der Waals surface area contributed by atoms with Crippen molar-refractivity contribution in [2.45, 2.75) is 50.4 Å². The average Bonchev–Trinajstić information content (AvgIpc) is 3.02. The Morgan fingerprint density at radius 2 is 1.82 bits per heavy atom. The topological polar surface area (TPSA) is 27.7 Å². The highest BCUT2D eigenvalue weighted by atomic mass is 17.2.